The van der Waals surface area contributed by atoms with Gasteiger partial charge in [-0.15, -0.1) is 0 Å². The summed E-state index contributed by atoms with van der Waals surface area (Å²) in [6.07, 6.45) is 24.8. The lowest BCUT2D eigenvalue weighted by Crippen LogP contribution is -2.57. The highest BCUT2D eigenvalue weighted by Crippen LogP contribution is 2.30. The van der Waals surface area contributed by atoms with Gasteiger partial charge in [0.1, 0.15) is 17.6 Å². The average molecular weight is 816 g/mol. The quantitative estimate of drug-likeness (QED) is 0.0207. The minimum absolute atomic E-state index is 0.00765. The Morgan fingerprint density at radius 2 is 1.57 bits per heavy atom. The standard InChI is InChI=1S/C46H73NO11/c1-33(28-29-37(48)23-14-13-21-36-22-18-25-39(31-36)57-4)41(50)32-38(49)24-11-9-7-6-8-10-19-34(2)42(58-5)27-15-12-20-35(3)46(55,56)43(51)44(52)47-30-17-16-26-40(47)45(53)54/h6-8,10,19,28,35-36,39-42,50,55-56H,9,11-18,20-27,29-32H2,1-5H3,(H,53,54)/b7-6+,10-8+,33-28+,34-19+. The average Bonchev–Trinajstić information content (AvgIpc) is 3.21. The normalized spacial score (nSPS) is 21.3. The molecule has 1 aliphatic heterocycles. The predicted octanol–water partition coefficient (Wildman–Crippen LogP) is 7.13. The Bertz CT molecular complexity index is 1430. The van der Waals surface area contributed by atoms with Crippen molar-refractivity contribution in [2.75, 3.05) is 20.8 Å². The number of carboxylic acids is 1. The van der Waals surface area contributed by atoms with Crippen LogP contribution < -0.4 is 0 Å². The van der Waals surface area contributed by atoms with Crippen molar-refractivity contribution in [3.05, 3.63) is 47.6 Å². The lowest BCUT2D eigenvalue weighted by molar-refractivity contribution is -0.205. The van der Waals surface area contributed by atoms with E-state index >= 15 is 0 Å². The zero-order valence-electron chi connectivity index (χ0n) is 35.9. The number of ketones is 3. The SMILES string of the molecule is COC1CCCC(CCCCC(=O)C/C=C(\C)C(O)CC(=O)CCC/C=C/C=C/C=C(\C)C(CCCCC(C)C(O)(O)C(=O)C(=O)N2CCCCC2C(=O)O)OC)C1. The van der Waals surface area contributed by atoms with Crippen molar-refractivity contribution in [2.24, 2.45) is 11.8 Å². The fourth-order valence-corrected chi connectivity index (χ4v) is 7.89. The van der Waals surface area contributed by atoms with Crippen LogP contribution in [0.2, 0.25) is 0 Å². The molecule has 0 aromatic carbocycles. The Labute approximate surface area is 346 Å². The molecule has 0 bridgehead atoms. The van der Waals surface area contributed by atoms with Crippen LogP contribution in [-0.2, 0) is 33.4 Å². The van der Waals surface area contributed by atoms with Crippen LogP contribution in [0.4, 0.5) is 0 Å². The Balaban J connectivity index is 1.63. The number of aliphatic hydroxyl groups is 3. The molecule has 6 unspecified atom stereocenters. The summed E-state index contributed by atoms with van der Waals surface area (Å²) in [7, 11) is 3.41. The van der Waals surface area contributed by atoms with Gasteiger partial charge in [0.2, 0.25) is 5.79 Å². The second kappa shape index (κ2) is 27.5. The fourth-order valence-electron chi connectivity index (χ4n) is 7.89. The monoisotopic (exact) mass is 816 g/mol. The summed E-state index contributed by atoms with van der Waals surface area (Å²) in [6, 6.07) is -1.15. The highest BCUT2D eigenvalue weighted by molar-refractivity contribution is 6.39. The van der Waals surface area contributed by atoms with Crippen molar-refractivity contribution >= 4 is 29.2 Å². The number of carbonyl (C=O) groups is 5. The maximum absolute atomic E-state index is 12.8. The number of piperidine rings is 1. The predicted molar refractivity (Wildman–Crippen MR) is 224 cm³/mol. The van der Waals surface area contributed by atoms with Crippen LogP contribution in [0.3, 0.4) is 0 Å². The molecular formula is C46H73NO11. The molecule has 0 radical (unpaired) electrons. The topological polar surface area (TPSA) is 188 Å². The Morgan fingerprint density at radius 1 is 0.845 bits per heavy atom. The van der Waals surface area contributed by atoms with E-state index in [9.17, 15) is 44.4 Å². The molecule has 0 aromatic heterocycles. The summed E-state index contributed by atoms with van der Waals surface area (Å²) < 4.78 is 11.2. The smallest absolute Gasteiger partial charge is 0.326 e. The first-order chi connectivity index (χ1) is 27.6. The van der Waals surface area contributed by atoms with Gasteiger partial charge in [0.15, 0.2) is 0 Å². The highest BCUT2D eigenvalue weighted by Gasteiger charge is 2.47. The molecule has 2 aliphatic rings. The summed E-state index contributed by atoms with van der Waals surface area (Å²) >= 11 is 0. The summed E-state index contributed by atoms with van der Waals surface area (Å²) in [5, 5.41) is 41.1. The van der Waals surface area contributed by atoms with Crippen LogP contribution in [-0.4, -0.2) is 105 Å². The number of hydrogen-bond donors (Lipinski definition) is 4. The van der Waals surface area contributed by atoms with E-state index in [0.717, 1.165) is 49.0 Å². The third-order valence-electron chi connectivity index (χ3n) is 11.9. The molecule has 58 heavy (non-hydrogen) atoms. The Kier molecular flexibility index (Phi) is 24.1. The lowest BCUT2D eigenvalue weighted by atomic mass is 9.84. The summed E-state index contributed by atoms with van der Waals surface area (Å²) in [4.78, 5) is 62.9. The molecule has 1 saturated carbocycles. The van der Waals surface area contributed by atoms with Gasteiger partial charge in [-0.3, -0.25) is 19.2 Å². The molecule has 2 fully saturated rings. The summed E-state index contributed by atoms with van der Waals surface area (Å²) in [5.74, 6) is -6.77. The van der Waals surface area contributed by atoms with Gasteiger partial charge in [0, 0.05) is 52.4 Å². The van der Waals surface area contributed by atoms with Crippen LogP contribution in [0.5, 0.6) is 0 Å². The molecule has 12 nitrogen and oxygen atoms in total. The lowest BCUT2D eigenvalue weighted by Gasteiger charge is -2.35. The number of nitrogens with zero attached hydrogens (tertiary/aromatic N) is 1. The van der Waals surface area contributed by atoms with Gasteiger partial charge in [-0.25, -0.2) is 4.79 Å². The van der Waals surface area contributed by atoms with Crippen LogP contribution in [0, 0.1) is 11.8 Å². The largest absolute Gasteiger partial charge is 0.480 e. The van der Waals surface area contributed by atoms with Crippen LogP contribution >= 0.6 is 0 Å². The number of aliphatic hydroxyl groups excluding tert-OH is 1. The molecule has 1 saturated heterocycles. The molecule has 0 spiro atoms. The van der Waals surface area contributed by atoms with E-state index in [2.05, 4.69) is 0 Å². The second-order valence-electron chi connectivity index (χ2n) is 16.5. The molecule has 12 heteroatoms. The highest BCUT2D eigenvalue weighted by atomic mass is 16.5. The van der Waals surface area contributed by atoms with Crippen molar-refractivity contribution in [2.45, 2.75) is 179 Å². The number of methoxy groups -OCH3 is 2. The van der Waals surface area contributed by atoms with E-state index < -0.39 is 41.5 Å². The Hall–Kier alpha value is -3.29. The van der Waals surface area contributed by atoms with Gasteiger partial charge in [0.25, 0.3) is 11.7 Å². The van der Waals surface area contributed by atoms with Crippen molar-refractivity contribution in [1.29, 1.82) is 0 Å². The maximum atomic E-state index is 12.8. The van der Waals surface area contributed by atoms with Crippen LogP contribution in [0.25, 0.3) is 0 Å². The van der Waals surface area contributed by atoms with Gasteiger partial charge in [-0.1, -0.05) is 81.9 Å². The number of unbranched alkanes of at least 4 members (excludes halogenated alkanes) is 3. The third-order valence-corrected chi connectivity index (χ3v) is 11.9. The van der Waals surface area contributed by atoms with Crippen molar-refractivity contribution in [1.82, 2.24) is 4.90 Å². The summed E-state index contributed by atoms with van der Waals surface area (Å²) in [6.45, 7) is 5.30. The molecule has 1 aliphatic carbocycles. The molecule has 328 valence electrons. The third kappa shape index (κ3) is 18.3. The van der Waals surface area contributed by atoms with E-state index in [4.69, 9.17) is 9.47 Å². The molecular weight excluding hydrogens is 743 g/mol. The zero-order chi connectivity index (χ0) is 43.1. The summed E-state index contributed by atoms with van der Waals surface area (Å²) in [5.41, 5.74) is 1.66. The van der Waals surface area contributed by atoms with Crippen LogP contribution in [0.15, 0.2) is 47.6 Å². The number of amides is 1. The first-order valence-electron chi connectivity index (χ1n) is 21.6. The number of carboxylic acid groups (broad SMARTS) is 1. The maximum Gasteiger partial charge on any atom is 0.326 e. The number of likely N-dealkylation sites (tertiary alicyclic amines) is 1. The number of rotatable bonds is 28. The zero-order valence-corrected chi connectivity index (χ0v) is 35.9. The van der Waals surface area contributed by atoms with Crippen molar-refractivity contribution in [3.8, 4) is 0 Å². The van der Waals surface area contributed by atoms with Gasteiger partial charge in [0.05, 0.1) is 18.3 Å². The Morgan fingerprint density at radius 3 is 2.28 bits per heavy atom. The van der Waals surface area contributed by atoms with Crippen LogP contribution in [0.1, 0.15) is 149 Å². The molecule has 1 heterocycles. The second-order valence-corrected chi connectivity index (χ2v) is 16.5. The number of Topliss-reactive ketones (excluding diaryl/α,β-unsaturated/α-hetero) is 3. The number of hydrogen-bond acceptors (Lipinski definition) is 10. The van der Waals surface area contributed by atoms with Gasteiger partial charge < -0.3 is 34.8 Å². The number of ether oxygens (including phenoxy) is 2. The number of carbonyl (C=O) groups excluding carboxylic acids is 4. The molecule has 6 atom stereocenters. The van der Waals surface area contributed by atoms with Gasteiger partial charge in [-0.05, 0) is 95.1 Å². The van der Waals surface area contributed by atoms with Gasteiger partial charge in [-0.2, -0.15) is 0 Å². The van der Waals surface area contributed by atoms with E-state index in [0.29, 0.717) is 69.0 Å². The molecule has 4 N–H and O–H groups in total. The van der Waals surface area contributed by atoms with Crippen molar-refractivity contribution < 1.29 is 53.9 Å². The van der Waals surface area contributed by atoms with E-state index in [-0.39, 0.29) is 49.9 Å². The number of aliphatic carboxylic acids is 1. The van der Waals surface area contributed by atoms with Gasteiger partial charge >= 0.3 is 5.97 Å². The first kappa shape index (κ1) is 50.9. The molecule has 2 rings (SSSR count). The number of allylic oxidation sites excluding steroid dienone is 6. The van der Waals surface area contributed by atoms with E-state index in [1.165, 1.54) is 19.8 Å². The molecule has 0 aromatic rings. The first-order valence-corrected chi connectivity index (χ1v) is 21.6. The van der Waals surface area contributed by atoms with Crippen molar-refractivity contribution in [3.63, 3.8) is 0 Å². The fraction of sp³-hybridized carbons (Fsp3) is 0.717. The van der Waals surface area contributed by atoms with E-state index in [1.807, 2.05) is 37.3 Å². The van der Waals surface area contributed by atoms with E-state index in [1.54, 1.807) is 27.2 Å². The minimum Gasteiger partial charge on any atom is -0.480 e. The minimum atomic E-state index is -2.89. The molecule has 1 amide bonds.